The van der Waals surface area contributed by atoms with Crippen molar-refractivity contribution in [3.8, 4) is 0 Å². The Morgan fingerprint density at radius 3 is 2.27 bits per heavy atom. The van der Waals surface area contributed by atoms with Gasteiger partial charge in [0.2, 0.25) is 0 Å². The molecule has 0 unspecified atom stereocenters. The van der Waals surface area contributed by atoms with Gasteiger partial charge in [0.05, 0.1) is 18.1 Å². The van der Waals surface area contributed by atoms with Crippen LogP contribution in [0.5, 0.6) is 0 Å². The fraction of sp³-hybridized carbons (Fsp3) is 0.524. The third-order valence-corrected chi connectivity index (χ3v) is 6.43. The van der Waals surface area contributed by atoms with Crippen molar-refractivity contribution >= 4 is 11.9 Å². The lowest BCUT2D eigenvalue weighted by Gasteiger charge is -2.34. The van der Waals surface area contributed by atoms with E-state index < -0.39 is 5.60 Å². The monoisotopic (exact) mass is 352 g/mol. The molecule has 0 spiro atoms. The summed E-state index contributed by atoms with van der Waals surface area (Å²) < 4.78 is 5.75. The van der Waals surface area contributed by atoms with E-state index in [0.29, 0.717) is 0 Å². The third-order valence-electron chi connectivity index (χ3n) is 6.43. The molecular weight excluding hydrogens is 328 g/mol. The van der Waals surface area contributed by atoms with Crippen LogP contribution in [0.25, 0.3) is 0 Å². The number of likely N-dealkylation sites (N-methyl/N-ethyl adjacent to an activating group) is 1. The molecule has 0 aromatic heterocycles. The first kappa shape index (κ1) is 16.1. The Bertz CT molecular complexity index is 840. The van der Waals surface area contributed by atoms with E-state index in [9.17, 15) is 9.59 Å². The number of carbonyl (C=O) groups is 2. The first-order chi connectivity index (χ1) is 12.3. The van der Waals surface area contributed by atoms with Crippen LogP contribution in [0.1, 0.15) is 44.0 Å². The molecule has 1 aromatic carbocycles. The van der Waals surface area contributed by atoms with Crippen LogP contribution in [0.2, 0.25) is 0 Å². The topological polar surface area (TPSA) is 49.9 Å². The van der Waals surface area contributed by atoms with Crippen molar-refractivity contribution in [2.75, 3.05) is 7.05 Å². The number of ketones is 1. The molecule has 26 heavy (non-hydrogen) atoms. The molecular formula is C21H24N2O3. The molecule has 4 bridgehead atoms. The lowest BCUT2D eigenvalue weighted by molar-refractivity contribution is -0.120. The maximum absolute atomic E-state index is 13.1. The third kappa shape index (κ3) is 1.89. The van der Waals surface area contributed by atoms with Gasteiger partial charge in [-0.2, -0.15) is 0 Å². The minimum absolute atomic E-state index is 0.0240. The molecule has 6 atom stereocenters. The van der Waals surface area contributed by atoms with Crippen molar-refractivity contribution in [1.82, 2.24) is 9.80 Å². The summed E-state index contributed by atoms with van der Waals surface area (Å²) in [5.41, 5.74) is 1.85. The number of fused-ring (bicyclic) bond motifs is 12. The van der Waals surface area contributed by atoms with E-state index in [1.54, 1.807) is 6.08 Å². The van der Waals surface area contributed by atoms with Gasteiger partial charge >= 0.3 is 6.09 Å². The zero-order valence-corrected chi connectivity index (χ0v) is 15.5. The number of rotatable bonds is 0. The SMILES string of the molecule is CN1[C@@H]2C(=O)C=C[C@H]1[C@H]1[C@@H]2[C@@H]2c3ccccc3[C@H]1N2C(=O)OC(C)(C)C. The predicted octanol–water partition coefficient (Wildman–Crippen LogP) is 3.09. The van der Waals surface area contributed by atoms with Crippen LogP contribution in [0.15, 0.2) is 36.4 Å². The van der Waals surface area contributed by atoms with E-state index >= 15 is 0 Å². The largest absolute Gasteiger partial charge is 0.444 e. The molecule has 5 nitrogen and oxygen atoms in total. The van der Waals surface area contributed by atoms with Gasteiger partial charge in [-0.3, -0.25) is 14.6 Å². The number of ether oxygens (including phenoxy) is 1. The maximum Gasteiger partial charge on any atom is 0.411 e. The summed E-state index contributed by atoms with van der Waals surface area (Å²) in [5, 5.41) is 0. The average Bonchev–Trinajstić information content (AvgIpc) is 3.11. The van der Waals surface area contributed by atoms with Crippen LogP contribution in [-0.2, 0) is 9.53 Å². The van der Waals surface area contributed by atoms with Crippen LogP contribution in [-0.4, -0.2) is 46.4 Å². The summed E-state index contributed by atoms with van der Waals surface area (Å²) in [5.74, 6) is 0.519. The van der Waals surface area contributed by atoms with Gasteiger partial charge in [-0.1, -0.05) is 30.3 Å². The summed E-state index contributed by atoms with van der Waals surface area (Å²) in [6.45, 7) is 5.68. The standard InChI is InChI=1S/C21H24N2O3/c1-21(2,3)26-20(25)23-17-11-7-5-6-8-12(11)18(23)16-15(17)13-9-10-14(24)19(16)22(13)4/h5-10,13,15-19H,1-4H3/t13-,15-,16+,17+,18-,19+/m0/s1. The van der Waals surface area contributed by atoms with Gasteiger partial charge in [0.1, 0.15) is 5.60 Å². The quantitative estimate of drug-likeness (QED) is 0.720. The normalized spacial score (nSPS) is 37.1. The number of nitrogens with zero attached hydrogens (tertiary/aromatic N) is 2. The van der Waals surface area contributed by atoms with Crippen molar-refractivity contribution in [3.05, 3.63) is 47.5 Å². The van der Waals surface area contributed by atoms with E-state index in [-0.39, 0.29) is 47.9 Å². The predicted molar refractivity (Wildman–Crippen MR) is 96.5 cm³/mol. The smallest absolute Gasteiger partial charge is 0.411 e. The minimum Gasteiger partial charge on any atom is -0.444 e. The molecule has 2 saturated heterocycles. The highest BCUT2D eigenvalue weighted by Crippen LogP contribution is 2.65. The highest BCUT2D eigenvalue weighted by atomic mass is 16.6. The Balaban J connectivity index is 1.63. The number of hydrogen-bond acceptors (Lipinski definition) is 4. The highest BCUT2D eigenvalue weighted by molar-refractivity contribution is 5.96. The van der Waals surface area contributed by atoms with Crippen LogP contribution in [0.4, 0.5) is 4.79 Å². The maximum atomic E-state index is 13.1. The van der Waals surface area contributed by atoms with Gasteiger partial charge in [-0.25, -0.2) is 4.79 Å². The lowest BCUT2D eigenvalue weighted by atomic mass is 9.73. The summed E-state index contributed by atoms with van der Waals surface area (Å²) in [4.78, 5) is 29.9. The minimum atomic E-state index is -0.539. The summed E-state index contributed by atoms with van der Waals surface area (Å²) >= 11 is 0. The molecule has 5 rings (SSSR count). The van der Waals surface area contributed by atoms with Crippen LogP contribution >= 0.6 is 0 Å². The van der Waals surface area contributed by atoms with Crippen LogP contribution in [0.3, 0.4) is 0 Å². The van der Waals surface area contributed by atoms with Gasteiger partial charge in [0.15, 0.2) is 5.78 Å². The molecule has 0 aliphatic carbocycles. The Kier molecular flexibility index (Phi) is 3.07. The Labute approximate surface area is 153 Å². The van der Waals surface area contributed by atoms with Crippen LogP contribution in [0, 0.1) is 11.8 Å². The molecule has 0 saturated carbocycles. The van der Waals surface area contributed by atoms with Crippen LogP contribution < -0.4 is 0 Å². The molecule has 0 radical (unpaired) electrons. The summed E-state index contributed by atoms with van der Waals surface area (Å²) in [6.07, 6.45) is 3.51. The molecule has 1 amide bonds. The first-order valence-electron chi connectivity index (χ1n) is 9.34. The van der Waals surface area contributed by atoms with Crippen molar-refractivity contribution in [2.45, 2.75) is 50.5 Å². The van der Waals surface area contributed by atoms with Gasteiger partial charge in [-0.15, -0.1) is 0 Å². The summed E-state index contributed by atoms with van der Waals surface area (Å²) in [7, 11) is 2.04. The average molecular weight is 352 g/mol. The molecule has 136 valence electrons. The number of hydrogen-bond donors (Lipinski definition) is 0. The Hall–Kier alpha value is -2.14. The van der Waals surface area contributed by atoms with E-state index in [0.717, 1.165) is 0 Å². The van der Waals surface area contributed by atoms with Gasteiger partial charge in [0, 0.05) is 17.9 Å². The summed E-state index contributed by atoms with van der Waals surface area (Å²) in [6, 6.07) is 8.22. The van der Waals surface area contributed by atoms with E-state index in [1.807, 2.05) is 50.9 Å². The van der Waals surface area contributed by atoms with Crippen molar-refractivity contribution in [1.29, 1.82) is 0 Å². The fourth-order valence-electron chi connectivity index (χ4n) is 5.74. The molecule has 5 heteroatoms. The lowest BCUT2D eigenvalue weighted by Crippen LogP contribution is -2.46. The number of amides is 1. The molecule has 4 aliphatic rings. The van der Waals surface area contributed by atoms with Gasteiger partial charge in [-0.05, 0) is 45.0 Å². The molecule has 4 heterocycles. The second-order valence-electron chi connectivity index (χ2n) is 8.92. The second-order valence-corrected chi connectivity index (χ2v) is 8.92. The zero-order chi connectivity index (χ0) is 18.4. The Morgan fingerprint density at radius 1 is 1.04 bits per heavy atom. The fourth-order valence-corrected chi connectivity index (χ4v) is 5.74. The van der Waals surface area contributed by atoms with Crippen molar-refractivity contribution < 1.29 is 14.3 Å². The Morgan fingerprint density at radius 2 is 1.65 bits per heavy atom. The molecule has 0 N–H and O–H groups in total. The van der Waals surface area contributed by atoms with E-state index in [4.69, 9.17) is 4.74 Å². The van der Waals surface area contributed by atoms with E-state index in [2.05, 4.69) is 17.0 Å². The number of benzene rings is 1. The number of carbonyl (C=O) groups excluding carboxylic acids is 2. The zero-order valence-electron chi connectivity index (χ0n) is 15.5. The molecule has 4 aliphatic heterocycles. The molecule has 1 aromatic rings. The van der Waals surface area contributed by atoms with Crippen molar-refractivity contribution in [3.63, 3.8) is 0 Å². The highest BCUT2D eigenvalue weighted by Gasteiger charge is 2.68. The first-order valence-corrected chi connectivity index (χ1v) is 9.34. The molecule has 2 fully saturated rings. The van der Waals surface area contributed by atoms with Gasteiger partial charge in [0.25, 0.3) is 0 Å². The second kappa shape index (κ2) is 4.97. The van der Waals surface area contributed by atoms with E-state index in [1.165, 1.54) is 11.1 Å². The van der Waals surface area contributed by atoms with Gasteiger partial charge < -0.3 is 4.74 Å². The van der Waals surface area contributed by atoms with Crippen molar-refractivity contribution in [2.24, 2.45) is 11.8 Å².